The number of thiophene rings is 1. The van der Waals surface area contributed by atoms with Crippen molar-refractivity contribution in [2.75, 3.05) is 18.8 Å². The normalized spacial score (nSPS) is 12.5. The Bertz CT molecular complexity index is 793. The number of rotatable bonds is 8. The summed E-state index contributed by atoms with van der Waals surface area (Å²) in [5, 5.41) is 1.25. The molecule has 7 heteroatoms. The van der Waals surface area contributed by atoms with Gasteiger partial charge in [0.25, 0.3) is 5.56 Å². The fourth-order valence-corrected chi connectivity index (χ4v) is 4.63. The summed E-state index contributed by atoms with van der Waals surface area (Å²) in [5.74, 6) is 0.898. The van der Waals surface area contributed by atoms with Crippen molar-refractivity contribution < 1.29 is 4.79 Å². The third-order valence-electron chi connectivity index (χ3n) is 4.54. The van der Waals surface area contributed by atoms with Gasteiger partial charge in [0.1, 0.15) is 4.83 Å². The first-order chi connectivity index (χ1) is 11.9. The highest BCUT2D eigenvalue weighted by Crippen LogP contribution is 2.30. The van der Waals surface area contributed by atoms with Gasteiger partial charge in [-0.2, -0.15) is 0 Å². The van der Waals surface area contributed by atoms with E-state index in [-0.39, 0.29) is 11.5 Å². The Morgan fingerprint density at radius 2 is 2.00 bits per heavy atom. The van der Waals surface area contributed by atoms with E-state index in [0.717, 1.165) is 33.5 Å². The number of hydrogen-bond donors (Lipinski definition) is 1. The van der Waals surface area contributed by atoms with Crippen molar-refractivity contribution in [3.8, 4) is 0 Å². The van der Waals surface area contributed by atoms with Crippen LogP contribution < -0.4 is 5.56 Å². The van der Waals surface area contributed by atoms with Gasteiger partial charge in [0.15, 0.2) is 5.16 Å². The molecular formula is C18H27N3O2S2. The number of carbonyl (C=O) groups excluding carboxylic acids is 1. The number of nitrogens with zero attached hydrogens (tertiary/aromatic N) is 2. The van der Waals surface area contributed by atoms with Gasteiger partial charge in [0.2, 0.25) is 5.91 Å². The molecule has 0 fully saturated rings. The number of aromatic amines is 1. The van der Waals surface area contributed by atoms with E-state index in [1.54, 1.807) is 16.2 Å². The second-order valence-electron chi connectivity index (χ2n) is 6.26. The Morgan fingerprint density at radius 1 is 1.32 bits per heavy atom. The van der Waals surface area contributed by atoms with Crippen LogP contribution in [0.2, 0.25) is 0 Å². The molecule has 0 bridgehead atoms. The molecule has 0 aliphatic heterocycles. The Balaban J connectivity index is 2.25. The van der Waals surface area contributed by atoms with E-state index in [0.29, 0.717) is 29.9 Å². The lowest BCUT2D eigenvalue weighted by atomic mass is 9.98. The number of H-pyrrole nitrogens is 1. The van der Waals surface area contributed by atoms with Gasteiger partial charge in [0.05, 0.1) is 11.1 Å². The Morgan fingerprint density at radius 3 is 2.60 bits per heavy atom. The molecule has 0 aliphatic carbocycles. The third-order valence-corrected chi connectivity index (χ3v) is 6.44. The maximum absolute atomic E-state index is 12.6. The first kappa shape index (κ1) is 20.0. The molecule has 5 nitrogen and oxygen atoms in total. The number of aryl methyl sites for hydroxylation is 1. The van der Waals surface area contributed by atoms with Crippen molar-refractivity contribution in [3.05, 3.63) is 20.8 Å². The van der Waals surface area contributed by atoms with Gasteiger partial charge >= 0.3 is 0 Å². The monoisotopic (exact) mass is 381 g/mol. The molecule has 1 atom stereocenters. The summed E-state index contributed by atoms with van der Waals surface area (Å²) in [4.78, 5) is 35.9. The number of hydrogen-bond acceptors (Lipinski definition) is 5. The van der Waals surface area contributed by atoms with E-state index in [2.05, 4.69) is 30.7 Å². The molecule has 0 saturated heterocycles. The molecule has 2 heterocycles. The molecule has 138 valence electrons. The van der Waals surface area contributed by atoms with Gasteiger partial charge in [-0.1, -0.05) is 32.0 Å². The van der Waals surface area contributed by atoms with Crippen molar-refractivity contribution >= 4 is 39.2 Å². The molecule has 0 saturated carbocycles. The number of aromatic nitrogens is 2. The fourth-order valence-electron chi connectivity index (χ4n) is 2.76. The zero-order valence-electron chi connectivity index (χ0n) is 15.6. The summed E-state index contributed by atoms with van der Waals surface area (Å²) in [7, 11) is 0. The molecule has 2 rings (SSSR count). The first-order valence-corrected chi connectivity index (χ1v) is 10.6. The van der Waals surface area contributed by atoms with E-state index < -0.39 is 0 Å². The van der Waals surface area contributed by atoms with Gasteiger partial charge in [0, 0.05) is 18.0 Å². The number of thioether (sulfide) groups is 1. The smallest absolute Gasteiger partial charge is 0.260 e. The van der Waals surface area contributed by atoms with Crippen molar-refractivity contribution in [2.45, 2.75) is 52.6 Å². The molecule has 2 aromatic heterocycles. The van der Waals surface area contributed by atoms with E-state index >= 15 is 0 Å². The lowest BCUT2D eigenvalue weighted by Gasteiger charge is -2.17. The van der Waals surface area contributed by atoms with Gasteiger partial charge in [-0.15, -0.1) is 11.3 Å². The highest BCUT2D eigenvalue weighted by atomic mass is 32.2. The lowest BCUT2D eigenvalue weighted by molar-refractivity contribution is -0.127. The molecule has 1 N–H and O–H groups in total. The second kappa shape index (κ2) is 8.85. The third kappa shape index (κ3) is 4.64. The summed E-state index contributed by atoms with van der Waals surface area (Å²) in [6.45, 7) is 11.7. The summed E-state index contributed by atoms with van der Waals surface area (Å²) < 4.78 is 0. The predicted octanol–water partition coefficient (Wildman–Crippen LogP) is 3.84. The van der Waals surface area contributed by atoms with Crippen LogP contribution in [0, 0.1) is 12.8 Å². The minimum absolute atomic E-state index is 0.0672. The largest absolute Gasteiger partial charge is 0.343 e. The van der Waals surface area contributed by atoms with Crippen molar-refractivity contribution in [1.82, 2.24) is 14.9 Å². The summed E-state index contributed by atoms with van der Waals surface area (Å²) >= 11 is 2.87. The number of carbonyl (C=O) groups is 1. The zero-order chi connectivity index (χ0) is 18.6. The predicted molar refractivity (Wildman–Crippen MR) is 107 cm³/mol. The summed E-state index contributed by atoms with van der Waals surface area (Å²) in [5.41, 5.74) is 1.03. The Hall–Kier alpha value is -1.34. The zero-order valence-corrected chi connectivity index (χ0v) is 17.3. The quantitative estimate of drug-likeness (QED) is 0.557. The van der Waals surface area contributed by atoms with Gasteiger partial charge in [-0.05, 0) is 38.7 Å². The average molecular weight is 382 g/mol. The van der Waals surface area contributed by atoms with Crippen LogP contribution in [0.15, 0.2) is 9.95 Å². The minimum atomic E-state index is -0.0922. The van der Waals surface area contributed by atoms with Crippen LogP contribution in [0.4, 0.5) is 0 Å². The Kier molecular flexibility index (Phi) is 7.07. The summed E-state index contributed by atoms with van der Waals surface area (Å²) in [6.07, 6.45) is 1.99. The molecule has 0 spiro atoms. The molecule has 0 aliphatic rings. The van der Waals surface area contributed by atoms with Crippen LogP contribution in [0.25, 0.3) is 10.2 Å². The molecule has 25 heavy (non-hydrogen) atoms. The molecule has 0 radical (unpaired) electrons. The van der Waals surface area contributed by atoms with Crippen molar-refractivity contribution in [2.24, 2.45) is 5.92 Å². The topological polar surface area (TPSA) is 66.1 Å². The van der Waals surface area contributed by atoms with Gasteiger partial charge in [-0.25, -0.2) is 4.98 Å². The molecule has 1 amide bonds. The first-order valence-electron chi connectivity index (χ1n) is 8.83. The number of nitrogens with one attached hydrogen (secondary N) is 1. The van der Waals surface area contributed by atoms with Crippen molar-refractivity contribution in [3.63, 3.8) is 0 Å². The highest BCUT2D eigenvalue weighted by Gasteiger charge is 2.18. The molecule has 0 aromatic carbocycles. The van der Waals surface area contributed by atoms with E-state index in [1.165, 1.54) is 11.8 Å². The van der Waals surface area contributed by atoms with E-state index in [9.17, 15) is 9.59 Å². The average Bonchev–Trinajstić information content (AvgIpc) is 2.89. The van der Waals surface area contributed by atoms with Crippen LogP contribution in [0.5, 0.6) is 0 Å². The van der Waals surface area contributed by atoms with E-state index in [4.69, 9.17) is 0 Å². The van der Waals surface area contributed by atoms with E-state index in [1.807, 2.05) is 13.8 Å². The van der Waals surface area contributed by atoms with Crippen molar-refractivity contribution in [1.29, 1.82) is 0 Å². The number of amides is 1. The number of fused-ring (bicyclic) bond motifs is 1. The SMILES string of the molecule is CC[C@H](C)Cc1c(C)sc2nc(SCC(=O)N(CC)CC)[nH]c(=O)c12. The highest BCUT2D eigenvalue weighted by molar-refractivity contribution is 7.99. The molecule has 0 unspecified atom stereocenters. The van der Waals surface area contributed by atoms with Crippen LogP contribution in [0.1, 0.15) is 44.6 Å². The standard InChI is InChI=1S/C18H27N3O2S2/c1-6-11(4)9-13-12(5)25-17-15(13)16(23)19-18(20-17)24-10-14(22)21(7-2)8-3/h11H,6-10H2,1-5H3,(H,19,20,23)/t11-/m0/s1. The molecular weight excluding hydrogens is 354 g/mol. The second-order valence-corrected chi connectivity index (χ2v) is 8.43. The van der Waals surface area contributed by atoms with Crippen LogP contribution >= 0.6 is 23.1 Å². The lowest BCUT2D eigenvalue weighted by Crippen LogP contribution is -2.32. The molecule has 2 aromatic rings. The van der Waals surface area contributed by atoms with Crippen LogP contribution in [-0.4, -0.2) is 39.6 Å². The fraction of sp³-hybridized carbons (Fsp3) is 0.611. The maximum atomic E-state index is 12.6. The maximum Gasteiger partial charge on any atom is 0.260 e. The Labute approximate surface area is 157 Å². The van der Waals surface area contributed by atoms with Crippen LogP contribution in [0.3, 0.4) is 0 Å². The van der Waals surface area contributed by atoms with Crippen LogP contribution in [-0.2, 0) is 11.2 Å². The summed E-state index contributed by atoms with van der Waals surface area (Å²) in [6, 6.07) is 0. The van der Waals surface area contributed by atoms with Gasteiger partial charge in [-0.3, -0.25) is 9.59 Å². The van der Waals surface area contributed by atoms with Gasteiger partial charge < -0.3 is 9.88 Å². The minimum Gasteiger partial charge on any atom is -0.343 e.